The van der Waals surface area contributed by atoms with E-state index in [0.29, 0.717) is 5.69 Å². The van der Waals surface area contributed by atoms with E-state index in [0.717, 1.165) is 8.47 Å². The summed E-state index contributed by atoms with van der Waals surface area (Å²) in [4.78, 5) is 34.6. The molecule has 1 aromatic carbocycles. The van der Waals surface area contributed by atoms with Gasteiger partial charge in [0.25, 0.3) is 11.7 Å². The maximum atomic E-state index is 11.6. The molecule has 2 rings (SSSR count). The first kappa shape index (κ1) is 11.1. The van der Waals surface area contributed by atoms with E-state index in [-0.39, 0.29) is 5.56 Å². The third-order valence-electron chi connectivity index (χ3n) is 2.23. The summed E-state index contributed by atoms with van der Waals surface area (Å²) in [5.41, 5.74) is 0.649. The standard InChI is InChI=1S/C10H6INO4/c11-5-1-2-7-6(3-5)9(15)10(16)12(7)4-8(13)14/h1-3H,4H2,(H,13,14). The lowest BCUT2D eigenvalue weighted by molar-refractivity contribution is -0.136. The summed E-state index contributed by atoms with van der Waals surface area (Å²) in [6.07, 6.45) is 0. The molecule has 5 nitrogen and oxygen atoms in total. The van der Waals surface area contributed by atoms with Gasteiger partial charge in [-0.3, -0.25) is 19.3 Å². The maximum Gasteiger partial charge on any atom is 0.323 e. The molecule has 0 radical (unpaired) electrons. The summed E-state index contributed by atoms with van der Waals surface area (Å²) < 4.78 is 0.828. The van der Waals surface area contributed by atoms with Crippen LogP contribution in [0.5, 0.6) is 0 Å². The largest absolute Gasteiger partial charge is 0.480 e. The number of ketones is 1. The number of nitrogens with zero attached hydrogens (tertiary/aromatic N) is 1. The Morgan fingerprint density at radius 3 is 2.69 bits per heavy atom. The molecule has 0 bridgehead atoms. The van der Waals surface area contributed by atoms with Crippen molar-refractivity contribution in [3.8, 4) is 0 Å². The fourth-order valence-electron chi connectivity index (χ4n) is 1.56. The van der Waals surface area contributed by atoms with Crippen LogP contribution < -0.4 is 4.90 Å². The van der Waals surface area contributed by atoms with E-state index in [9.17, 15) is 14.4 Å². The van der Waals surface area contributed by atoms with Crippen molar-refractivity contribution in [2.24, 2.45) is 0 Å². The first-order valence-corrected chi connectivity index (χ1v) is 5.46. The van der Waals surface area contributed by atoms with E-state index in [1.54, 1.807) is 18.2 Å². The van der Waals surface area contributed by atoms with Gasteiger partial charge in [0.1, 0.15) is 6.54 Å². The molecule has 0 saturated heterocycles. The highest BCUT2D eigenvalue weighted by Gasteiger charge is 2.36. The van der Waals surface area contributed by atoms with Crippen molar-refractivity contribution in [1.82, 2.24) is 0 Å². The van der Waals surface area contributed by atoms with Crippen LogP contribution >= 0.6 is 22.6 Å². The minimum Gasteiger partial charge on any atom is -0.480 e. The molecule has 1 aromatic rings. The number of Topliss-reactive ketones (excluding diaryl/α,β-unsaturated/α-hetero) is 1. The van der Waals surface area contributed by atoms with Gasteiger partial charge in [0.2, 0.25) is 0 Å². The fraction of sp³-hybridized carbons (Fsp3) is 0.100. The number of carboxylic acid groups (broad SMARTS) is 1. The molecular weight excluding hydrogens is 325 g/mol. The van der Waals surface area contributed by atoms with Crippen molar-refractivity contribution in [2.45, 2.75) is 0 Å². The number of benzene rings is 1. The second-order valence-electron chi connectivity index (χ2n) is 3.28. The van der Waals surface area contributed by atoms with Crippen LogP contribution in [-0.4, -0.2) is 29.3 Å². The van der Waals surface area contributed by atoms with E-state index in [1.807, 2.05) is 22.6 Å². The Labute approximate surface area is 104 Å². The van der Waals surface area contributed by atoms with Gasteiger partial charge in [0.05, 0.1) is 11.3 Å². The van der Waals surface area contributed by atoms with Crippen molar-refractivity contribution in [3.63, 3.8) is 0 Å². The molecule has 0 atom stereocenters. The van der Waals surface area contributed by atoms with E-state index in [2.05, 4.69) is 0 Å². The molecule has 1 aliphatic rings. The summed E-state index contributed by atoms with van der Waals surface area (Å²) in [5, 5.41) is 8.65. The molecular formula is C10H6INO4. The van der Waals surface area contributed by atoms with Crippen LogP contribution in [0.3, 0.4) is 0 Å². The van der Waals surface area contributed by atoms with Crippen LogP contribution in [0, 0.1) is 3.57 Å². The summed E-state index contributed by atoms with van der Waals surface area (Å²) in [6.45, 7) is -0.488. The first-order chi connectivity index (χ1) is 7.50. The molecule has 6 heteroatoms. The molecule has 1 N–H and O–H groups in total. The Bertz CT molecular complexity index is 512. The molecule has 0 aromatic heterocycles. The van der Waals surface area contributed by atoms with Crippen molar-refractivity contribution in [1.29, 1.82) is 0 Å². The number of anilines is 1. The van der Waals surface area contributed by atoms with E-state index < -0.39 is 24.2 Å². The third-order valence-corrected chi connectivity index (χ3v) is 2.90. The number of hydrogen-bond donors (Lipinski definition) is 1. The molecule has 1 aliphatic heterocycles. The van der Waals surface area contributed by atoms with Crippen LogP contribution in [0.25, 0.3) is 0 Å². The van der Waals surface area contributed by atoms with Crippen LogP contribution in [0.4, 0.5) is 5.69 Å². The van der Waals surface area contributed by atoms with Gasteiger partial charge in [-0.05, 0) is 40.8 Å². The normalized spacial score (nSPS) is 14.2. The van der Waals surface area contributed by atoms with E-state index in [4.69, 9.17) is 5.11 Å². The molecule has 0 spiro atoms. The van der Waals surface area contributed by atoms with Crippen LogP contribution in [0.1, 0.15) is 10.4 Å². The number of amides is 1. The number of halogens is 1. The van der Waals surface area contributed by atoms with Gasteiger partial charge < -0.3 is 5.11 Å². The third kappa shape index (κ3) is 1.69. The number of rotatable bonds is 2. The lowest BCUT2D eigenvalue weighted by Gasteiger charge is -2.12. The molecule has 0 aliphatic carbocycles. The van der Waals surface area contributed by atoms with E-state index in [1.165, 1.54) is 0 Å². The predicted molar refractivity (Wildman–Crippen MR) is 63.5 cm³/mol. The lowest BCUT2D eigenvalue weighted by Crippen LogP contribution is -2.34. The molecule has 1 amide bonds. The van der Waals surface area contributed by atoms with Crippen LogP contribution in [-0.2, 0) is 9.59 Å². The monoisotopic (exact) mass is 331 g/mol. The highest BCUT2D eigenvalue weighted by atomic mass is 127. The Hall–Kier alpha value is -1.44. The first-order valence-electron chi connectivity index (χ1n) is 4.38. The minimum atomic E-state index is -1.15. The number of carbonyl (C=O) groups excluding carboxylic acids is 2. The van der Waals surface area contributed by atoms with Gasteiger partial charge in [-0.2, -0.15) is 0 Å². The predicted octanol–water partition coefficient (Wildman–Crippen LogP) is 0.905. The molecule has 0 fully saturated rings. The van der Waals surface area contributed by atoms with Crippen molar-refractivity contribution in [2.75, 3.05) is 11.4 Å². The molecule has 16 heavy (non-hydrogen) atoms. The zero-order chi connectivity index (χ0) is 11.9. The molecule has 1 heterocycles. The number of hydrogen-bond acceptors (Lipinski definition) is 3. The topological polar surface area (TPSA) is 74.7 Å². The minimum absolute atomic E-state index is 0.276. The Morgan fingerprint density at radius 2 is 2.06 bits per heavy atom. The summed E-state index contributed by atoms with van der Waals surface area (Å²) in [6, 6.07) is 4.89. The van der Waals surface area contributed by atoms with Gasteiger partial charge in [-0.1, -0.05) is 0 Å². The zero-order valence-electron chi connectivity index (χ0n) is 7.94. The Balaban J connectivity index is 2.50. The highest BCUT2D eigenvalue weighted by Crippen LogP contribution is 2.29. The van der Waals surface area contributed by atoms with Crippen LogP contribution in [0.2, 0.25) is 0 Å². The Kier molecular flexibility index (Phi) is 2.66. The average molecular weight is 331 g/mol. The number of fused-ring (bicyclic) bond motifs is 1. The maximum absolute atomic E-state index is 11.6. The molecule has 0 saturated carbocycles. The van der Waals surface area contributed by atoms with Gasteiger partial charge >= 0.3 is 5.97 Å². The summed E-state index contributed by atoms with van der Waals surface area (Å²) >= 11 is 2.02. The van der Waals surface area contributed by atoms with Crippen molar-refractivity contribution < 1.29 is 19.5 Å². The van der Waals surface area contributed by atoms with Crippen molar-refractivity contribution in [3.05, 3.63) is 27.3 Å². The second kappa shape index (κ2) is 3.85. The van der Waals surface area contributed by atoms with Gasteiger partial charge in [-0.25, -0.2) is 0 Å². The van der Waals surface area contributed by atoms with Crippen LogP contribution in [0.15, 0.2) is 18.2 Å². The lowest BCUT2D eigenvalue weighted by atomic mass is 10.1. The number of carbonyl (C=O) groups is 3. The molecule has 82 valence electrons. The van der Waals surface area contributed by atoms with Gasteiger partial charge in [0, 0.05) is 3.57 Å². The quantitative estimate of drug-likeness (QED) is 0.646. The van der Waals surface area contributed by atoms with Crippen molar-refractivity contribution >= 4 is 45.9 Å². The Morgan fingerprint density at radius 1 is 1.38 bits per heavy atom. The molecule has 0 unspecified atom stereocenters. The smallest absolute Gasteiger partial charge is 0.323 e. The van der Waals surface area contributed by atoms with Gasteiger partial charge in [0.15, 0.2) is 0 Å². The number of carboxylic acids is 1. The number of aliphatic carboxylic acids is 1. The average Bonchev–Trinajstić information content (AvgIpc) is 2.43. The van der Waals surface area contributed by atoms with Gasteiger partial charge in [-0.15, -0.1) is 0 Å². The second-order valence-corrected chi connectivity index (χ2v) is 4.52. The van der Waals surface area contributed by atoms with E-state index >= 15 is 0 Å². The fourth-order valence-corrected chi connectivity index (χ4v) is 2.06. The SMILES string of the molecule is O=C(O)CN1C(=O)C(=O)c2cc(I)ccc21. The summed E-state index contributed by atoms with van der Waals surface area (Å²) in [5.74, 6) is -2.57. The zero-order valence-corrected chi connectivity index (χ0v) is 10.1. The summed E-state index contributed by atoms with van der Waals surface area (Å²) in [7, 11) is 0. The highest BCUT2D eigenvalue weighted by molar-refractivity contribution is 14.1.